The van der Waals surface area contributed by atoms with E-state index < -0.39 is 45.8 Å². The van der Waals surface area contributed by atoms with Crippen molar-refractivity contribution in [1.82, 2.24) is 4.90 Å². The van der Waals surface area contributed by atoms with Crippen LogP contribution in [0, 0.1) is 0 Å². The Morgan fingerprint density at radius 3 is 2.22 bits per heavy atom. The summed E-state index contributed by atoms with van der Waals surface area (Å²) >= 11 is 0. The second kappa shape index (κ2) is 11.9. The molecule has 23 heavy (non-hydrogen) atoms. The molecule has 0 aliphatic carbocycles. The number of hydrogen-bond acceptors (Lipinski definition) is 9. The molecule has 0 bridgehead atoms. The van der Waals surface area contributed by atoms with Gasteiger partial charge in [-0.2, -0.15) is 0 Å². The maximum absolute atomic E-state index is 11.7. The first-order valence-electron chi connectivity index (χ1n) is 6.97. The van der Waals surface area contributed by atoms with Crippen LogP contribution in [0.1, 0.15) is 6.92 Å². The fraction of sp³-hybridized carbons (Fsp3) is 0.917. The molecule has 2 unspecified atom stereocenters. The van der Waals surface area contributed by atoms with Crippen LogP contribution in [0.2, 0.25) is 0 Å². The monoisotopic (exact) mass is 359 g/mol. The average molecular weight is 359 g/mol. The molecule has 0 rings (SSSR count). The highest BCUT2D eigenvalue weighted by Gasteiger charge is 2.25. The van der Waals surface area contributed by atoms with E-state index >= 15 is 0 Å². The molecular weight excluding hydrogens is 333 g/mol. The van der Waals surface area contributed by atoms with E-state index in [-0.39, 0.29) is 13.2 Å². The molecule has 11 heteroatoms. The van der Waals surface area contributed by atoms with Crippen LogP contribution < -0.4 is 0 Å². The molecule has 0 spiro atoms. The van der Waals surface area contributed by atoms with Crippen molar-refractivity contribution in [3.63, 3.8) is 0 Å². The van der Waals surface area contributed by atoms with Gasteiger partial charge < -0.3 is 29.5 Å². The van der Waals surface area contributed by atoms with Crippen LogP contribution in [0.25, 0.3) is 0 Å². The normalized spacial score (nSPS) is 15.7. The van der Waals surface area contributed by atoms with Gasteiger partial charge in [0.05, 0.1) is 26.4 Å². The third-order valence-corrected chi connectivity index (χ3v) is 3.47. The zero-order valence-corrected chi connectivity index (χ0v) is 14.5. The van der Waals surface area contributed by atoms with Crippen molar-refractivity contribution in [2.75, 3.05) is 53.7 Å². The summed E-state index contributed by atoms with van der Waals surface area (Å²) in [5.74, 6) is -0.572. The smallest absolute Gasteiger partial charge is 0.463 e. The van der Waals surface area contributed by atoms with Crippen LogP contribution in [0.15, 0.2) is 0 Å². The molecule has 0 fully saturated rings. The van der Waals surface area contributed by atoms with Crippen LogP contribution in [-0.4, -0.2) is 91.9 Å². The van der Waals surface area contributed by atoms with Crippen molar-refractivity contribution in [2.24, 2.45) is 0 Å². The Balaban J connectivity index is 4.43. The minimum Gasteiger partial charge on any atom is -0.463 e. The minimum atomic E-state index is -4.28. The van der Waals surface area contributed by atoms with Gasteiger partial charge in [-0.05, 0) is 14.1 Å². The first kappa shape index (κ1) is 22.4. The van der Waals surface area contributed by atoms with Crippen molar-refractivity contribution in [1.29, 1.82) is 0 Å². The van der Waals surface area contributed by atoms with Crippen LogP contribution in [0.5, 0.6) is 0 Å². The zero-order valence-electron chi connectivity index (χ0n) is 13.6. The minimum absolute atomic E-state index is 0.00779. The molecule has 10 nitrogen and oxygen atoms in total. The summed E-state index contributed by atoms with van der Waals surface area (Å²) < 4.78 is 31.2. The molecule has 0 saturated carbocycles. The van der Waals surface area contributed by atoms with Gasteiger partial charge in [0.2, 0.25) is 0 Å². The molecule has 0 heterocycles. The van der Waals surface area contributed by atoms with Gasteiger partial charge in [-0.15, -0.1) is 0 Å². The number of nitrogens with zero attached hydrogens (tertiary/aromatic N) is 1. The maximum Gasteiger partial charge on any atom is 0.472 e. The number of hydrogen-bond donors (Lipinski definition) is 3. The lowest BCUT2D eigenvalue weighted by atomic mass is 10.3. The lowest BCUT2D eigenvalue weighted by Gasteiger charge is -2.23. The summed E-state index contributed by atoms with van der Waals surface area (Å²) in [5.41, 5.74) is 0. The van der Waals surface area contributed by atoms with E-state index in [0.717, 1.165) is 0 Å². The third kappa shape index (κ3) is 12.5. The molecule has 138 valence electrons. The number of aliphatic hydroxyl groups is 2. The highest BCUT2D eigenvalue weighted by molar-refractivity contribution is 7.47. The van der Waals surface area contributed by atoms with Crippen molar-refractivity contribution >= 4 is 13.8 Å². The lowest BCUT2D eigenvalue weighted by molar-refractivity contribution is -0.150. The van der Waals surface area contributed by atoms with Crippen LogP contribution in [0.4, 0.5) is 0 Å². The van der Waals surface area contributed by atoms with E-state index in [4.69, 9.17) is 28.7 Å². The Morgan fingerprint density at radius 2 is 1.74 bits per heavy atom. The average Bonchev–Trinajstić information content (AvgIpc) is 2.45. The van der Waals surface area contributed by atoms with Crippen molar-refractivity contribution in [3.05, 3.63) is 0 Å². The van der Waals surface area contributed by atoms with E-state index in [1.165, 1.54) is 6.92 Å². The van der Waals surface area contributed by atoms with E-state index in [0.29, 0.717) is 6.54 Å². The number of phosphoric ester groups is 1. The molecule has 0 aromatic rings. The summed E-state index contributed by atoms with van der Waals surface area (Å²) in [7, 11) is -0.728. The van der Waals surface area contributed by atoms with Gasteiger partial charge in [-0.1, -0.05) is 0 Å². The summed E-state index contributed by atoms with van der Waals surface area (Å²) in [5, 5.41) is 18.0. The van der Waals surface area contributed by atoms with Crippen LogP contribution >= 0.6 is 7.82 Å². The summed E-state index contributed by atoms with van der Waals surface area (Å²) in [6.45, 7) is -0.00520. The predicted molar refractivity (Wildman–Crippen MR) is 79.7 cm³/mol. The molecule has 0 aromatic carbocycles. The van der Waals surface area contributed by atoms with E-state index in [1.807, 2.05) is 0 Å². The van der Waals surface area contributed by atoms with Gasteiger partial charge in [0.25, 0.3) is 0 Å². The highest BCUT2D eigenvalue weighted by atomic mass is 31.2. The Labute approximate surface area is 135 Å². The summed E-state index contributed by atoms with van der Waals surface area (Å²) in [6, 6.07) is 0. The second-order valence-electron chi connectivity index (χ2n) is 4.95. The number of likely N-dealkylation sites (N-methyl/N-ethyl adjacent to an activating group) is 1. The fourth-order valence-corrected chi connectivity index (χ4v) is 2.05. The third-order valence-electron chi connectivity index (χ3n) is 2.48. The largest absolute Gasteiger partial charge is 0.472 e. The molecule has 0 aliphatic rings. The fourth-order valence-electron chi connectivity index (χ4n) is 1.31. The summed E-state index contributed by atoms with van der Waals surface area (Å²) in [6.07, 6.45) is -1.87. The molecule has 0 saturated heterocycles. The lowest BCUT2D eigenvalue weighted by Crippen LogP contribution is -2.34. The number of phosphoric acid groups is 1. The van der Waals surface area contributed by atoms with Gasteiger partial charge in [-0.25, -0.2) is 4.57 Å². The first-order valence-corrected chi connectivity index (χ1v) is 8.46. The number of carbonyl (C=O) groups excluding carboxylic acids is 1. The van der Waals surface area contributed by atoms with Gasteiger partial charge in [0, 0.05) is 13.5 Å². The molecule has 0 radical (unpaired) electrons. The number of rotatable bonds is 13. The number of carbonyl (C=O) groups is 1. The van der Waals surface area contributed by atoms with E-state index in [1.54, 1.807) is 19.0 Å². The quantitative estimate of drug-likeness (QED) is 0.277. The van der Waals surface area contributed by atoms with Crippen LogP contribution in [0.3, 0.4) is 0 Å². The van der Waals surface area contributed by atoms with Gasteiger partial charge in [0.1, 0.15) is 18.8 Å². The Morgan fingerprint density at radius 1 is 1.13 bits per heavy atom. The molecule has 3 N–H and O–H groups in total. The number of aliphatic hydroxyl groups excluding tert-OH is 2. The van der Waals surface area contributed by atoms with Gasteiger partial charge in [0.15, 0.2) is 0 Å². The SMILES string of the molecule is CC(=O)OCC(COP(=O)(O)OCCN(C)C)OC(CO)CO. The first-order chi connectivity index (χ1) is 10.7. The number of ether oxygens (including phenoxy) is 2. The standard InChI is InChI=1S/C12H26NO9P/c1-10(16)19-8-12(22-11(6-14)7-15)9-21-23(17,18)20-5-4-13(2)3/h11-12,14-15H,4-9H2,1-3H3,(H,17,18). The molecule has 0 aliphatic heterocycles. The van der Waals surface area contributed by atoms with Crippen LogP contribution in [-0.2, 0) is 27.9 Å². The Hall–Kier alpha value is -0.580. The van der Waals surface area contributed by atoms with Gasteiger partial charge in [-0.3, -0.25) is 13.8 Å². The predicted octanol–water partition coefficient (Wildman–Crippen LogP) is -1.02. The molecule has 2 atom stereocenters. The van der Waals surface area contributed by atoms with Crippen molar-refractivity contribution < 1.29 is 43.0 Å². The molecule has 0 amide bonds. The van der Waals surface area contributed by atoms with E-state index in [2.05, 4.69) is 0 Å². The maximum atomic E-state index is 11.7. The van der Waals surface area contributed by atoms with Crippen molar-refractivity contribution in [2.45, 2.75) is 19.1 Å². The second-order valence-corrected chi connectivity index (χ2v) is 6.40. The molecular formula is C12H26NO9P. The van der Waals surface area contributed by atoms with Gasteiger partial charge >= 0.3 is 13.8 Å². The van der Waals surface area contributed by atoms with E-state index in [9.17, 15) is 14.3 Å². The Kier molecular flexibility index (Phi) is 11.6. The molecule has 0 aromatic heterocycles. The van der Waals surface area contributed by atoms with Crippen molar-refractivity contribution in [3.8, 4) is 0 Å². The number of esters is 1. The summed E-state index contributed by atoms with van der Waals surface area (Å²) in [4.78, 5) is 22.1. The Bertz CT molecular complexity index is 376. The topological polar surface area (TPSA) is 135 Å². The highest BCUT2D eigenvalue weighted by Crippen LogP contribution is 2.43. The zero-order chi connectivity index (χ0) is 17.9.